The number of nitrogens with one attached hydrogen (secondary N) is 1. The second kappa shape index (κ2) is 7.70. The van der Waals surface area contributed by atoms with Gasteiger partial charge in [-0.2, -0.15) is 13.2 Å². The summed E-state index contributed by atoms with van der Waals surface area (Å²) < 4.78 is 54.5. The number of alkyl halides is 3. The highest BCUT2D eigenvalue weighted by molar-refractivity contribution is 6.03. The van der Waals surface area contributed by atoms with Gasteiger partial charge in [-0.1, -0.05) is 6.07 Å². The highest BCUT2D eigenvalue weighted by Crippen LogP contribution is 2.42. The molecule has 146 valence electrons. The zero-order valence-electron chi connectivity index (χ0n) is 14.3. The number of amides is 1. The molecule has 2 aromatic rings. The Kier molecular flexibility index (Phi) is 5.79. The molecular weight excluding hydrogens is 371 g/mol. The van der Waals surface area contributed by atoms with Crippen LogP contribution in [0.5, 0.6) is 5.75 Å². The summed E-state index contributed by atoms with van der Waals surface area (Å²) in [6.07, 6.45) is -4.07. The highest BCUT2D eigenvalue weighted by Gasteiger charge is 2.62. The SMILES string of the molecule is CCOC(=O)[C@@](O)(c1ccc(NC(=O)c2ccco2)c(OC)c1)C(F)(F)F. The van der Waals surface area contributed by atoms with E-state index in [0.29, 0.717) is 0 Å². The van der Waals surface area contributed by atoms with E-state index >= 15 is 0 Å². The average molecular weight is 387 g/mol. The van der Waals surface area contributed by atoms with E-state index in [0.717, 1.165) is 25.3 Å². The van der Waals surface area contributed by atoms with E-state index in [9.17, 15) is 27.9 Å². The predicted molar refractivity (Wildman–Crippen MR) is 86.2 cm³/mol. The van der Waals surface area contributed by atoms with E-state index < -0.39 is 29.2 Å². The molecule has 7 nitrogen and oxygen atoms in total. The molecule has 0 unspecified atom stereocenters. The number of rotatable bonds is 6. The minimum Gasteiger partial charge on any atom is -0.495 e. The van der Waals surface area contributed by atoms with Crippen molar-refractivity contribution in [3.63, 3.8) is 0 Å². The minimum atomic E-state index is -5.34. The van der Waals surface area contributed by atoms with Gasteiger partial charge in [-0.15, -0.1) is 0 Å². The molecule has 0 aliphatic carbocycles. The number of aliphatic hydroxyl groups is 1. The Hall–Kier alpha value is -3.01. The normalized spacial score (nSPS) is 13.6. The first-order valence-corrected chi connectivity index (χ1v) is 7.64. The molecule has 1 aromatic heterocycles. The second-order valence-corrected chi connectivity index (χ2v) is 5.28. The number of ether oxygens (including phenoxy) is 2. The average Bonchev–Trinajstić information content (AvgIpc) is 3.15. The van der Waals surface area contributed by atoms with Gasteiger partial charge in [0.25, 0.3) is 11.5 Å². The fraction of sp³-hybridized carbons (Fsp3) is 0.294. The first-order valence-electron chi connectivity index (χ1n) is 7.64. The van der Waals surface area contributed by atoms with Gasteiger partial charge < -0.3 is 24.3 Å². The Morgan fingerprint density at radius 3 is 2.48 bits per heavy atom. The van der Waals surface area contributed by atoms with Gasteiger partial charge in [-0.3, -0.25) is 4.79 Å². The number of halogens is 3. The van der Waals surface area contributed by atoms with Gasteiger partial charge in [-0.25, -0.2) is 4.79 Å². The summed E-state index contributed by atoms with van der Waals surface area (Å²) in [5, 5.41) is 12.5. The van der Waals surface area contributed by atoms with Crippen LogP contribution in [0.1, 0.15) is 23.0 Å². The Morgan fingerprint density at radius 2 is 1.96 bits per heavy atom. The number of esters is 1. The zero-order valence-corrected chi connectivity index (χ0v) is 14.3. The van der Waals surface area contributed by atoms with Gasteiger partial charge in [0, 0.05) is 5.56 Å². The lowest BCUT2D eigenvalue weighted by atomic mass is 9.92. The van der Waals surface area contributed by atoms with Crippen LogP contribution < -0.4 is 10.1 Å². The Morgan fingerprint density at radius 1 is 1.26 bits per heavy atom. The van der Waals surface area contributed by atoms with Crippen LogP contribution in [-0.4, -0.2) is 36.9 Å². The van der Waals surface area contributed by atoms with E-state index in [1.165, 1.54) is 25.3 Å². The topological polar surface area (TPSA) is 98.0 Å². The fourth-order valence-corrected chi connectivity index (χ4v) is 2.24. The summed E-state index contributed by atoms with van der Waals surface area (Å²) >= 11 is 0. The van der Waals surface area contributed by atoms with Crippen molar-refractivity contribution in [2.45, 2.75) is 18.7 Å². The van der Waals surface area contributed by atoms with Crippen LogP contribution in [0.2, 0.25) is 0 Å². The fourth-order valence-electron chi connectivity index (χ4n) is 2.24. The molecule has 0 radical (unpaired) electrons. The molecule has 1 aromatic carbocycles. The maximum absolute atomic E-state index is 13.4. The standard InChI is InChI=1S/C17H16F3NO6/c1-3-26-15(23)16(24,17(18,19)20)10-6-7-11(13(9-10)25-2)21-14(22)12-5-4-8-27-12/h4-9,24H,3H2,1-2H3,(H,21,22)/t16-/m0/s1. The quantitative estimate of drug-likeness (QED) is 0.740. The number of anilines is 1. The number of carbonyl (C=O) groups is 2. The number of methoxy groups -OCH3 is 1. The van der Waals surface area contributed by atoms with Crippen molar-refractivity contribution in [1.29, 1.82) is 0 Å². The van der Waals surface area contributed by atoms with Gasteiger partial charge in [0.05, 0.1) is 25.7 Å². The van der Waals surface area contributed by atoms with Gasteiger partial charge in [-0.05, 0) is 31.2 Å². The molecule has 2 rings (SSSR count). The molecule has 0 saturated carbocycles. The van der Waals surface area contributed by atoms with Gasteiger partial charge in [0.2, 0.25) is 0 Å². The van der Waals surface area contributed by atoms with Crippen molar-refractivity contribution in [3.05, 3.63) is 47.9 Å². The maximum Gasteiger partial charge on any atom is 0.432 e. The maximum atomic E-state index is 13.4. The first kappa shape index (κ1) is 20.3. The molecular formula is C17H16F3NO6. The van der Waals surface area contributed by atoms with Crippen molar-refractivity contribution < 1.29 is 41.8 Å². The third-order valence-corrected chi connectivity index (χ3v) is 3.59. The molecule has 27 heavy (non-hydrogen) atoms. The van der Waals surface area contributed by atoms with Crippen molar-refractivity contribution in [1.82, 2.24) is 0 Å². The van der Waals surface area contributed by atoms with Crippen LogP contribution in [0.15, 0.2) is 41.0 Å². The number of carbonyl (C=O) groups excluding carboxylic acids is 2. The lowest BCUT2D eigenvalue weighted by Gasteiger charge is -2.29. The largest absolute Gasteiger partial charge is 0.495 e. The van der Waals surface area contributed by atoms with Crippen LogP contribution >= 0.6 is 0 Å². The summed E-state index contributed by atoms with van der Waals surface area (Å²) in [5.74, 6) is -2.77. The minimum absolute atomic E-state index is 0.0102. The van der Waals surface area contributed by atoms with Crippen LogP contribution in [0.25, 0.3) is 0 Å². The van der Waals surface area contributed by atoms with E-state index in [1.54, 1.807) is 0 Å². The molecule has 0 aliphatic rings. The van der Waals surface area contributed by atoms with Crippen molar-refractivity contribution in [2.75, 3.05) is 19.0 Å². The lowest BCUT2D eigenvalue weighted by molar-refractivity contribution is -0.267. The third-order valence-electron chi connectivity index (χ3n) is 3.59. The molecule has 10 heteroatoms. The summed E-state index contributed by atoms with van der Waals surface area (Å²) in [6, 6.07) is 5.56. The molecule has 0 aliphatic heterocycles. The van der Waals surface area contributed by atoms with Crippen LogP contribution in [0, 0.1) is 0 Å². The molecule has 1 amide bonds. The second-order valence-electron chi connectivity index (χ2n) is 5.28. The monoisotopic (exact) mass is 387 g/mol. The number of furan rings is 1. The van der Waals surface area contributed by atoms with E-state index in [1.807, 2.05) is 0 Å². The Bertz CT molecular complexity index is 819. The van der Waals surface area contributed by atoms with Crippen molar-refractivity contribution in [3.8, 4) is 5.75 Å². The molecule has 1 atom stereocenters. The predicted octanol–water partition coefficient (Wildman–Crippen LogP) is 2.85. The zero-order chi connectivity index (χ0) is 20.2. The van der Waals surface area contributed by atoms with Crippen LogP contribution in [-0.2, 0) is 15.1 Å². The van der Waals surface area contributed by atoms with Crippen LogP contribution in [0.3, 0.4) is 0 Å². The molecule has 0 fully saturated rings. The smallest absolute Gasteiger partial charge is 0.432 e. The Balaban J connectivity index is 2.43. The van der Waals surface area contributed by atoms with Gasteiger partial charge in [0.1, 0.15) is 5.75 Å². The van der Waals surface area contributed by atoms with Crippen molar-refractivity contribution in [2.24, 2.45) is 0 Å². The molecule has 1 heterocycles. The van der Waals surface area contributed by atoms with Crippen molar-refractivity contribution >= 4 is 17.6 Å². The van der Waals surface area contributed by atoms with E-state index in [-0.39, 0.29) is 23.8 Å². The van der Waals surface area contributed by atoms with E-state index in [2.05, 4.69) is 10.1 Å². The summed E-state index contributed by atoms with van der Waals surface area (Å²) in [7, 11) is 1.15. The molecule has 0 saturated heterocycles. The third kappa shape index (κ3) is 3.90. The highest BCUT2D eigenvalue weighted by atomic mass is 19.4. The molecule has 0 bridgehead atoms. The number of hydrogen-bond acceptors (Lipinski definition) is 6. The van der Waals surface area contributed by atoms with Gasteiger partial charge >= 0.3 is 12.1 Å². The summed E-state index contributed by atoms with van der Waals surface area (Å²) in [4.78, 5) is 23.8. The Labute approximate surface area is 151 Å². The van der Waals surface area contributed by atoms with Gasteiger partial charge in [0.15, 0.2) is 5.76 Å². The van der Waals surface area contributed by atoms with E-state index in [4.69, 9.17) is 9.15 Å². The molecule has 0 spiro atoms. The van der Waals surface area contributed by atoms with Crippen LogP contribution in [0.4, 0.5) is 18.9 Å². The number of hydrogen-bond donors (Lipinski definition) is 2. The number of benzene rings is 1. The summed E-state index contributed by atoms with van der Waals surface area (Å²) in [6.45, 7) is 0.953. The first-order chi connectivity index (χ1) is 12.6. The molecule has 2 N–H and O–H groups in total. The summed E-state index contributed by atoms with van der Waals surface area (Å²) in [5.41, 5.74) is -4.70. The lowest BCUT2D eigenvalue weighted by Crippen LogP contribution is -2.50.